The number of rotatable bonds is 0. The molecule has 0 bridgehead atoms. The minimum atomic E-state index is 1.34. The molecular weight excluding hydrogens is 255 g/mol. The Labute approximate surface area is 77.0 Å². The molecule has 0 saturated heterocycles. The van der Waals surface area contributed by atoms with Crippen LogP contribution in [0.1, 0.15) is 0 Å². The highest BCUT2D eigenvalue weighted by Gasteiger charge is 1.95. The molecule has 2 aromatic rings. The van der Waals surface area contributed by atoms with Crippen molar-refractivity contribution in [2.24, 2.45) is 0 Å². The van der Waals surface area contributed by atoms with Gasteiger partial charge in [0.05, 0.1) is 0 Å². The van der Waals surface area contributed by atoms with Gasteiger partial charge >= 0.3 is 0 Å². The second kappa shape index (κ2) is 2.51. The van der Waals surface area contributed by atoms with Gasteiger partial charge in [0.1, 0.15) is 0 Å². The monoisotopic (exact) mass is 260 g/mol. The highest BCUT2D eigenvalue weighted by molar-refractivity contribution is 14.1. The SMILES string of the molecule is Ic1cccc2sccc12. The first-order valence-corrected chi connectivity index (χ1v) is 4.95. The van der Waals surface area contributed by atoms with Gasteiger partial charge < -0.3 is 0 Å². The van der Waals surface area contributed by atoms with Gasteiger partial charge in [0.2, 0.25) is 0 Å². The number of benzene rings is 1. The Balaban J connectivity index is 2.95. The van der Waals surface area contributed by atoms with Crippen molar-refractivity contribution in [3.8, 4) is 0 Å². The molecule has 0 saturated carbocycles. The van der Waals surface area contributed by atoms with E-state index in [2.05, 4.69) is 52.2 Å². The van der Waals surface area contributed by atoms with Gasteiger partial charge in [-0.3, -0.25) is 0 Å². The standard InChI is InChI=1S/C8H5IS/c9-7-2-1-3-8-6(7)4-5-10-8/h1-5H. The zero-order valence-corrected chi connectivity index (χ0v) is 8.15. The van der Waals surface area contributed by atoms with Crippen molar-refractivity contribution in [3.63, 3.8) is 0 Å². The Morgan fingerprint density at radius 2 is 2.10 bits per heavy atom. The number of thiophene rings is 1. The fraction of sp³-hybridized carbons (Fsp3) is 0. The second-order valence-corrected chi connectivity index (χ2v) is 4.18. The fourth-order valence-electron chi connectivity index (χ4n) is 0.957. The van der Waals surface area contributed by atoms with E-state index in [9.17, 15) is 0 Å². The van der Waals surface area contributed by atoms with E-state index < -0.39 is 0 Å². The Bertz CT molecular complexity index is 351. The average molecular weight is 260 g/mol. The molecule has 0 nitrogen and oxygen atoms in total. The van der Waals surface area contributed by atoms with Crippen molar-refractivity contribution in [1.82, 2.24) is 0 Å². The summed E-state index contributed by atoms with van der Waals surface area (Å²) in [5.41, 5.74) is 0. The fourth-order valence-corrected chi connectivity index (χ4v) is 2.63. The van der Waals surface area contributed by atoms with E-state index >= 15 is 0 Å². The first-order valence-electron chi connectivity index (χ1n) is 2.99. The van der Waals surface area contributed by atoms with Gasteiger partial charge in [-0.25, -0.2) is 0 Å². The van der Waals surface area contributed by atoms with Gasteiger partial charge in [0.15, 0.2) is 0 Å². The van der Waals surface area contributed by atoms with Crippen LogP contribution < -0.4 is 0 Å². The minimum Gasteiger partial charge on any atom is -0.144 e. The maximum atomic E-state index is 2.36. The summed E-state index contributed by atoms with van der Waals surface area (Å²) in [6.07, 6.45) is 0. The Morgan fingerprint density at radius 3 is 2.90 bits per heavy atom. The van der Waals surface area contributed by atoms with Crippen LogP contribution in [0.3, 0.4) is 0 Å². The smallest absolute Gasteiger partial charge is 0.0353 e. The Morgan fingerprint density at radius 1 is 1.20 bits per heavy atom. The second-order valence-electron chi connectivity index (χ2n) is 2.07. The van der Waals surface area contributed by atoms with Gasteiger partial charge in [-0.1, -0.05) is 6.07 Å². The first-order chi connectivity index (χ1) is 4.88. The summed E-state index contributed by atoms with van der Waals surface area (Å²) in [5.74, 6) is 0. The van der Waals surface area contributed by atoms with Crippen LogP contribution in [0.2, 0.25) is 0 Å². The van der Waals surface area contributed by atoms with Gasteiger partial charge in [0.25, 0.3) is 0 Å². The molecule has 0 amide bonds. The molecule has 50 valence electrons. The topological polar surface area (TPSA) is 0 Å². The molecule has 0 unspecified atom stereocenters. The van der Waals surface area contributed by atoms with Crippen LogP contribution in [-0.2, 0) is 0 Å². The molecule has 0 aliphatic carbocycles. The maximum absolute atomic E-state index is 2.36. The van der Waals surface area contributed by atoms with Crippen LogP contribution in [0.5, 0.6) is 0 Å². The summed E-state index contributed by atoms with van der Waals surface area (Å²) in [7, 11) is 0. The predicted octanol–water partition coefficient (Wildman–Crippen LogP) is 3.51. The quantitative estimate of drug-likeness (QED) is 0.636. The Kier molecular flexibility index (Phi) is 1.66. The largest absolute Gasteiger partial charge is 0.144 e. The van der Waals surface area contributed by atoms with E-state index in [-0.39, 0.29) is 0 Å². The third-order valence-electron chi connectivity index (χ3n) is 1.44. The zero-order chi connectivity index (χ0) is 6.97. The highest BCUT2D eigenvalue weighted by atomic mass is 127. The van der Waals surface area contributed by atoms with Gasteiger partial charge in [-0.15, -0.1) is 11.3 Å². The molecule has 0 radical (unpaired) electrons. The van der Waals surface area contributed by atoms with E-state index in [1.54, 1.807) is 11.3 Å². The molecule has 1 aromatic heterocycles. The van der Waals surface area contributed by atoms with Crippen molar-refractivity contribution in [3.05, 3.63) is 33.2 Å². The summed E-state index contributed by atoms with van der Waals surface area (Å²) in [6.45, 7) is 0. The summed E-state index contributed by atoms with van der Waals surface area (Å²) >= 11 is 4.16. The summed E-state index contributed by atoms with van der Waals surface area (Å²) in [6, 6.07) is 8.56. The molecule has 1 heterocycles. The van der Waals surface area contributed by atoms with Gasteiger partial charge in [0, 0.05) is 13.7 Å². The predicted molar refractivity (Wildman–Crippen MR) is 54.5 cm³/mol. The van der Waals surface area contributed by atoms with Crippen molar-refractivity contribution in [2.45, 2.75) is 0 Å². The highest BCUT2D eigenvalue weighted by Crippen LogP contribution is 2.24. The van der Waals surface area contributed by atoms with Crippen LogP contribution >= 0.6 is 33.9 Å². The molecule has 0 spiro atoms. The summed E-state index contributed by atoms with van der Waals surface area (Å²) < 4.78 is 2.73. The number of hydrogen-bond donors (Lipinski definition) is 0. The lowest BCUT2D eigenvalue weighted by molar-refractivity contribution is 1.78. The summed E-state index contributed by atoms with van der Waals surface area (Å²) in [4.78, 5) is 0. The van der Waals surface area contributed by atoms with Crippen molar-refractivity contribution < 1.29 is 0 Å². The third kappa shape index (κ3) is 0.953. The van der Waals surface area contributed by atoms with Crippen LogP contribution in [-0.4, -0.2) is 0 Å². The maximum Gasteiger partial charge on any atom is 0.0353 e. The molecule has 2 rings (SSSR count). The lowest BCUT2D eigenvalue weighted by Gasteiger charge is -1.90. The van der Waals surface area contributed by atoms with E-state index in [0.29, 0.717) is 0 Å². The van der Waals surface area contributed by atoms with Crippen molar-refractivity contribution >= 4 is 44.0 Å². The van der Waals surface area contributed by atoms with Crippen LogP contribution in [0, 0.1) is 3.57 Å². The molecule has 0 N–H and O–H groups in total. The van der Waals surface area contributed by atoms with E-state index in [1.165, 1.54) is 13.7 Å². The molecule has 10 heavy (non-hydrogen) atoms. The first kappa shape index (κ1) is 6.61. The number of halogens is 1. The van der Waals surface area contributed by atoms with Gasteiger partial charge in [-0.05, 0) is 46.2 Å². The lowest BCUT2D eigenvalue weighted by Crippen LogP contribution is -1.67. The third-order valence-corrected chi connectivity index (χ3v) is 3.27. The van der Waals surface area contributed by atoms with E-state index in [0.717, 1.165) is 0 Å². The van der Waals surface area contributed by atoms with Crippen LogP contribution in [0.25, 0.3) is 10.1 Å². The molecule has 0 atom stereocenters. The zero-order valence-electron chi connectivity index (χ0n) is 5.17. The molecule has 1 aromatic carbocycles. The van der Waals surface area contributed by atoms with Crippen LogP contribution in [0.4, 0.5) is 0 Å². The normalized spacial score (nSPS) is 10.5. The van der Waals surface area contributed by atoms with E-state index in [4.69, 9.17) is 0 Å². The molecule has 0 fully saturated rings. The van der Waals surface area contributed by atoms with Gasteiger partial charge in [-0.2, -0.15) is 0 Å². The van der Waals surface area contributed by atoms with Crippen molar-refractivity contribution in [2.75, 3.05) is 0 Å². The van der Waals surface area contributed by atoms with Crippen LogP contribution in [0.15, 0.2) is 29.6 Å². The minimum absolute atomic E-state index is 1.34. The molecule has 2 heteroatoms. The molecular formula is C8H5IS. The number of fused-ring (bicyclic) bond motifs is 1. The molecule has 0 aliphatic heterocycles. The Hall–Kier alpha value is -0.0900. The van der Waals surface area contributed by atoms with E-state index in [1.807, 2.05) is 0 Å². The van der Waals surface area contributed by atoms with Crippen molar-refractivity contribution in [1.29, 1.82) is 0 Å². The lowest BCUT2D eigenvalue weighted by atomic mass is 10.3. The number of hydrogen-bond acceptors (Lipinski definition) is 1. The molecule has 0 aliphatic rings. The average Bonchev–Trinajstić information content (AvgIpc) is 2.36. The summed E-state index contributed by atoms with van der Waals surface area (Å²) in [5, 5.41) is 3.51.